The van der Waals surface area contributed by atoms with Crippen molar-refractivity contribution in [3.8, 4) is 0 Å². The summed E-state index contributed by atoms with van der Waals surface area (Å²) in [5.41, 5.74) is 1.88. The van der Waals surface area contributed by atoms with Crippen LogP contribution in [0, 0.1) is 10.5 Å². The molecule has 2 heterocycles. The highest BCUT2D eigenvalue weighted by Gasteiger charge is 2.12. The van der Waals surface area contributed by atoms with Gasteiger partial charge in [0.25, 0.3) is 0 Å². The van der Waals surface area contributed by atoms with Crippen LogP contribution < -0.4 is 5.32 Å². The Morgan fingerprint density at radius 2 is 1.92 bits per heavy atom. The molecule has 0 aliphatic carbocycles. The van der Waals surface area contributed by atoms with Crippen molar-refractivity contribution in [2.75, 3.05) is 5.32 Å². The highest BCUT2D eigenvalue weighted by Crippen LogP contribution is 2.22. The maximum absolute atomic E-state index is 12.2. The van der Waals surface area contributed by atoms with E-state index in [1.807, 2.05) is 37.4 Å². The molecule has 26 heavy (non-hydrogen) atoms. The van der Waals surface area contributed by atoms with E-state index in [2.05, 4.69) is 38.1 Å². The van der Waals surface area contributed by atoms with Gasteiger partial charge in [-0.05, 0) is 41.1 Å². The lowest BCUT2D eigenvalue weighted by Crippen LogP contribution is -2.15. The first-order valence-electron chi connectivity index (χ1n) is 7.88. The number of hydrogen-bond donors (Lipinski definition) is 1. The fourth-order valence-electron chi connectivity index (χ4n) is 2.38. The molecule has 3 aromatic rings. The summed E-state index contributed by atoms with van der Waals surface area (Å²) in [4.78, 5) is 12.2. The quantitative estimate of drug-likeness (QED) is 0.508. The Hall–Kier alpha value is -1.58. The van der Waals surface area contributed by atoms with Crippen molar-refractivity contribution in [3.63, 3.8) is 0 Å². The molecule has 6 nitrogen and oxygen atoms in total. The number of rotatable bonds is 6. The molecule has 0 saturated carbocycles. The first kappa shape index (κ1) is 19.2. The molecule has 136 valence electrons. The van der Waals surface area contributed by atoms with Gasteiger partial charge in [-0.1, -0.05) is 41.4 Å². The van der Waals surface area contributed by atoms with E-state index in [1.54, 1.807) is 15.6 Å². The second-order valence-corrected chi connectivity index (χ2v) is 7.71. The Balaban J connectivity index is 1.60. The van der Waals surface area contributed by atoms with Gasteiger partial charge in [-0.3, -0.25) is 14.2 Å². The molecule has 1 aromatic carbocycles. The van der Waals surface area contributed by atoms with E-state index < -0.39 is 0 Å². The molecule has 0 aliphatic rings. The average molecular weight is 504 g/mol. The Labute approximate surface area is 174 Å². The van der Waals surface area contributed by atoms with E-state index in [1.165, 1.54) is 0 Å². The molecule has 0 atom stereocenters. The summed E-state index contributed by atoms with van der Waals surface area (Å²) in [6, 6.07) is 7.52. The standard InChI is InChI=1S/C17H16Cl2IN5O/c1-11-15(20)10-24(22-11)7-6-16(26)21-17-14(19)9-25(23-17)8-12-4-2-3-5-13(12)18/h2-5,9-10H,6-8H2,1H3,(H,21,23,26). The molecule has 1 amide bonds. The fourth-order valence-corrected chi connectivity index (χ4v) is 3.21. The van der Waals surface area contributed by atoms with Crippen LogP contribution in [-0.4, -0.2) is 25.5 Å². The van der Waals surface area contributed by atoms with Gasteiger partial charge in [-0.2, -0.15) is 10.2 Å². The van der Waals surface area contributed by atoms with Crippen LogP contribution in [0.15, 0.2) is 36.7 Å². The molecule has 0 radical (unpaired) electrons. The van der Waals surface area contributed by atoms with Gasteiger partial charge in [0.2, 0.25) is 5.91 Å². The normalized spacial score (nSPS) is 10.9. The van der Waals surface area contributed by atoms with Crippen LogP contribution in [-0.2, 0) is 17.9 Å². The van der Waals surface area contributed by atoms with Crippen molar-refractivity contribution >= 4 is 57.5 Å². The zero-order valence-electron chi connectivity index (χ0n) is 13.9. The molecule has 3 rings (SSSR count). The second kappa shape index (κ2) is 8.41. The van der Waals surface area contributed by atoms with Crippen LogP contribution >= 0.6 is 45.8 Å². The van der Waals surface area contributed by atoms with Crippen LogP contribution in [0.1, 0.15) is 17.7 Å². The van der Waals surface area contributed by atoms with E-state index in [-0.39, 0.29) is 12.3 Å². The third-order valence-corrected chi connectivity index (χ3v) is 5.42. The number of amides is 1. The lowest BCUT2D eigenvalue weighted by Gasteiger charge is -2.05. The number of nitrogens with zero attached hydrogens (tertiary/aromatic N) is 4. The predicted octanol–water partition coefficient (Wildman–Crippen LogP) is 4.38. The molecule has 9 heteroatoms. The summed E-state index contributed by atoms with van der Waals surface area (Å²) in [6.07, 6.45) is 3.86. The van der Waals surface area contributed by atoms with Gasteiger partial charge < -0.3 is 5.32 Å². The molecule has 0 saturated heterocycles. The lowest BCUT2D eigenvalue weighted by atomic mass is 10.2. The third kappa shape index (κ3) is 4.77. The number of carbonyl (C=O) groups is 1. The van der Waals surface area contributed by atoms with Gasteiger partial charge in [-0.25, -0.2) is 0 Å². The molecule has 0 bridgehead atoms. The summed E-state index contributed by atoms with van der Waals surface area (Å²) >= 11 is 14.6. The average Bonchev–Trinajstić information content (AvgIpc) is 3.10. The Morgan fingerprint density at radius 1 is 1.15 bits per heavy atom. The Bertz CT molecular complexity index is 918. The van der Waals surface area contributed by atoms with Gasteiger partial charge in [0.1, 0.15) is 5.02 Å². The summed E-state index contributed by atoms with van der Waals surface area (Å²) in [6.45, 7) is 2.90. The molecular formula is C17H16Cl2IN5O. The van der Waals surface area contributed by atoms with Gasteiger partial charge in [0.15, 0.2) is 5.82 Å². The van der Waals surface area contributed by atoms with Crippen LogP contribution in [0.3, 0.4) is 0 Å². The van der Waals surface area contributed by atoms with Crippen LogP contribution in [0.5, 0.6) is 0 Å². The van der Waals surface area contributed by atoms with Crippen molar-refractivity contribution in [1.82, 2.24) is 19.6 Å². The van der Waals surface area contributed by atoms with E-state index in [9.17, 15) is 4.79 Å². The van der Waals surface area contributed by atoms with E-state index in [0.717, 1.165) is 14.8 Å². The second-order valence-electron chi connectivity index (χ2n) is 5.74. The number of carbonyl (C=O) groups excluding carboxylic acids is 1. The minimum atomic E-state index is -0.168. The topological polar surface area (TPSA) is 64.7 Å². The largest absolute Gasteiger partial charge is 0.308 e. The Morgan fingerprint density at radius 3 is 2.62 bits per heavy atom. The number of aryl methyl sites for hydroxylation is 2. The SMILES string of the molecule is Cc1nn(CCC(=O)Nc2nn(Cc3ccccc3Cl)cc2Cl)cc1I. The molecule has 0 aliphatic heterocycles. The van der Waals surface area contributed by atoms with Gasteiger partial charge in [0.05, 0.1) is 15.8 Å². The lowest BCUT2D eigenvalue weighted by molar-refractivity contribution is -0.116. The number of nitrogens with one attached hydrogen (secondary N) is 1. The molecular weight excluding hydrogens is 488 g/mol. The van der Waals surface area contributed by atoms with Crippen molar-refractivity contribution in [2.45, 2.75) is 26.4 Å². The van der Waals surface area contributed by atoms with Crippen LogP contribution in [0.25, 0.3) is 0 Å². The Kier molecular flexibility index (Phi) is 6.20. The summed E-state index contributed by atoms with van der Waals surface area (Å²) in [5.74, 6) is 0.174. The van der Waals surface area contributed by atoms with E-state index in [4.69, 9.17) is 23.2 Å². The number of benzene rings is 1. The van der Waals surface area contributed by atoms with Crippen molar-refractivity contribution < 1.29 is 4.79 Å². The molecule has 1 N–H and O–H groups in total. The van der Waals surface area contributed by atoms with Crippen molar-refractivity contribution in [2.24, 2.45) is 0 Å². The molecule has 0 unspecified atom stereocenters. The number of hydrogen-bond acceptors (Lipinski definition) is 3. The first-order chi connectivity index (χ1) is 12.4. The molecule has 2 aromatic heterocycles. The fraction of sp³-hybridized carbons (Fsp3) is 0.235. The first-order valence-corrected chi connectivity index (χ1v) is 9.71. The minimum Gasteiger partial charge on any atom is -0.308 e. The van der Waals surface area contributed by atoms with Crippen LogP contribution in [0.4, 0.5) is 5.82 Å². The number of anilines is 1. The molecule has 0 fully saturated rings. The van der Waals surface area contributed by atoms with Gasteiger partial charge >= 0.3 is 0 Å². The summed E-state index contributed by atoms with van der Waals surface area (Å²) in [5, 5.41) is 12.5. The highest BCUT2D eigenvalue weighted by molar-refractivity contribution is 14.1. The van der Waals surface area contributed by atoms with Crippen LogP contribution in [0.2, 0.25) is 10.0 Å². The minimum absolute atomic E-state index is 0.168. The van der Waals surface area contributed by atoms with Crippen molar-refractivity contribution in [3.05, 3.63) is 61.5 Å². The zero-order valence-corrected chi connectivity index (χ0v) is 17.6. The maximum atomic E-state index is 12.2. The number of halogens is 3. The zero-order chi connectivity index (χ0) is 18.7. The van der Waals surface area contributed by atoms with Gasteiger partial charge in [0, 0.05) is 30.4 Å². The highest BCUT2D eigenvalue weighted by atomic mass is 127. The monoisotopic (exact) mass is 503 g/mol. The van der Waals surface area contributed by atoms with E-state index >= 15 is 0 Å². The number of aromatic nitrogens is 4. The van der Waals surface area contributed by atoms with Gasteiger partial charge in [-0.15, -0.1) is 0 Å². The summed E-state index contributed by atoms with van der Waals surface area (Å²) in [7, 11) is 0. The third-order valence-electron chi connectivity index (χ3n) is 3.72. The smallest absolute Gasteiger partial charge is 0.227 e. The maximum Gasteiger partial charge on any atom is 0.227 e. The van der Waals surface area contributed by atoms with Crippen molar-refractivity contribution in [1.29, 1.82) is 0 Å². The summed E-state index contributed by atoms with van der Waals surface area (Å²) < 4.78 is 4.48. The van der Waals surface area contributed by atoms with E-state index in [0.29, 0.717) is 29.0 Å². The predicted molar refractivity (Wildman–Crippen MR) is 111 cm³/mol. The molecule has 0 spiro atoms.